The summed E-state index contributed by atoms with van der Waals surface area (Å²) < 4.78 is 5.43. The molecule has 1 heterocycles. The summed E-state index contributed by atoms with van der Waals surface area (Å²) in [5.74, 6) is 2.38. The van der Waals surface area contributed by atoms with Gasteiger partial charge in [0.15, 0.2) is 0 Å². The Labute approximate surface area is 144 Å². The van der Waals surface area contributed by atoms with Crippen LogP contribution in [0.25, 0.3) is 0 Å². The summed E-state index contributed by atoms with van der Waals surface area (Å²) in [6, 6.07) is 7.96. The molecular formula is C18H28N2O2S. The molecular weight excluding hydrogens is 308 g/mol. The van der Waals surface area contributed by atoms with Crippen molar-refractivity contribution in [2.24, 2.45) is 5.92 Å². The predicted octanol–water partition coefficient (Wildman–Crippen LogP) is 3.03. The van der Waals surface area contributed by atoms with E-state index in [-0.39, 0.29) is 5.91 Å². The summed E-state index contributed by atoms with van der Waals surface area (Å²) in [4.78, 5) is 15.5. The minimum absolute atomic E-state index is 0.255. The maximum Gasteiger partial charge on any atom is 0.232 e. The zero-order chi connectivity index (χ0) is 16.5. The normalized spacial score (nSPS) is 15.7. The Bertz CT molecular complexity index is 470. The lowest BCUT2D eigenvalue weighted by Crippen LogP contribution is -2.41. The van der Waals surface area contributed by atoms with Crippen LogP contribution in [-0.2, 0) is 4.79 Å². The van der Waals surface area contributed by atoms with Crippen LogP contribution in [0.15, 0.2) is 29.2 Å². The van der Waals surface area contributed by atoms with E-state index in [0.29, 0.717) is 12.4 Å². The Kier molecular flexibility index (Phi) is 7.76. The van der Waals surface area contributed by atoms with Gasteiger partial charge in [0.1, 0.15) is 5.75 Å². The first-order valence-electron chi connectivity index (χ1n) is 8.57. The highest BCUT2D eigenvalue weighted by molar-refractivity contribution is 8.00. The van der Waals surface area contributed by atoms with Crippen LogP contribution in [0.3, 0.4) is 0 Å². The van der Waals surface area contributed by atoms with Crippen LogP contribution in [0.1, 0.15) is 26.7 Å². The fourth-order valence-electron chi connectivity index (χ4n) is 2.77. The number of hydrogen-bond acceptors (Lipinski definition) is 4. The molecule has 4 nitrogen and oxygen atoms in total. The van der Waals surface area contributed by atoms with Crippen LogP contribution in [0.4, 0.5) is 0 Å². The third-order valence-electron chi connectivity index (χ3n) is 4.15. The summed E-state index contributed by atoms with van der Waals surface area (Å²) in [5, 5.41) is 3.40. The van der Waals surface area contributed by atoms with Crippen molar-refractivity contribution in [1.29, 1.82) is 0 Å². The van der Waals surface area contributed by atoms with Gasteiger partial charge in [-0.05, 0) is 63.0 Å². The summed E-state index contributed by atoms with van der Waals surface area (Å²) in [5.41, 5.74) is 0. The summed E-state index contributed by atoms with van der Waals surface area (Å²) in [7, 11) is 0. The number of nitrogens with zero attached hydrogens (tertiary/aromatic N) is 1. The number of ether oxygens (including phenoxy) is 1. The zero-order valence-corrected chi connectivity index (χ0v) is 15.0. The molecule has 0 aromatic heterocycles. The molecule has 0 saturated carbocycles. The van der Waals surface area contributed by atoms with E-state index in [4.69, 9.17) is 4.74 Å². The molecule has 0 atom stereocenters. The van der Waals surface area contributed by atoms with Crippen LogP contribution in [0.2, 0.25) is 0 Å². The molecule has 1 saturated heterocycles. The summed E-state index contributed by atoms with van der Waals surface area (Å²) >= 11 is 1.60. The van der Waals surface area contributed by atoms with Crippen LogP contribution in [0.5, 0.6) is 5.75 Å². The molecule has 0 radical (unpaired) electrons. The maximum atomic E-state index is 12.3. The number of piperidine rings is 1. The molecule has 0 bridgehead atoms. The number of rotatable bonds is 8. The van der Waals surface area contributed by atoms with Gasteiger partial charge in [-0.2, -0.15) is 0 Å². The highest BCUT2D eigenvalue weighted by atomic mass is 32.2. The average Bonchev–Trinajstić information content (AvgIpc) is 2.60. The van der Waals surface area contributed by atoms with Crippen molar-refractivity contribution in [2.45, 2.75) is 31.6 Å². The number of benzene rings is 1. The number of carbonyl (C=O) groups excluding carboxylic acids is 1. The van der Waals surface area contributed by atoms with Crippen molar-refractivity contribution in [3.05, 3.63) is 24.3 Å². The van der Waals surface area contributed by atoms with Gasteiger partial charge in [-0.1, -0.05) is 6.92 Å². The van der Waals surface area contributed by atoms with Gasteiger partial charge < -0.3 is 15.0 Å². The first-order valence-corrected chi connectivity index (χ1v) is 9.55. The monoisotopic (exact) mass is 336 g/mol. The zero-order valence-electron chi connectivity index (χ0n) is 14.2. The van der Waals surface area contributed by atoms with E-state index in [9.17, 15) is 4.79 Å². The number of thioether (sulfide) groups is 1. The Morgan fingerprint density at radius 3 is 2.57 bits per heavy atom. The van der Waals surface area contributed by atoms with Crippen molar-refractivity contribution in [3.8, 4) is 5.75 Å². The molecule has 1 aromatic rings. The smallest absolute Gasteiger partial charge is 0.232 e. The SMILES string of the molecule is CCNCC1CCN(C(=O)CSc2ccc(OCC)cc2)CC1. The Morgan fingerprint density at radius 1 is 1.26 bits per heavy atom. The molecule has 128 valence electrons. The molecule has 5 heteroatoms. The fourth-order valence-corrected chi connectivity index (χ4v) is 3.57. The molecule has 0 unspecified atom stereocenters. The van der Waals surface area contributed by atoms with Gasteiger partial charge in [-0.15, -0.1) is 11.8 Å². The molecule has 1 N–H and O–H groups in total. The van der Waals surface area contributed by atoms with E-state index >= 15 is 0 Å². The maximum absolute atomic E-state index is 12.3. The number of nitrogens with one attached hydrogen (secondary N) is 1. The van der Waals surface area contributed by atoms with Gasteiger partial charge in [-0.25, -0.2) is 0 Å². The predicted molar refractivity (Wildman–Crippen MR) is 96.2 cm³/mol. The van der Waals surface area contributed by atoms with Crippen LogP contribution < -0.4 is 10.1 Å². The first-order chi connectivity index (χ1) is 11.2. The number of amides is 1. The number of carbonyl (C=O) groups is 1. The van der Waals surface area contributed by atoms with Gasteiger partial charge in [0, 0.05) is 18.0 Å². The highest BCUT2D eigenvalue weighted by Gasteiger charge is 2.22. The van der Waals surface area contributed by atoms with Crippen LogP contribution in [-0.4, -0.2) is 49.3 Å². The summed E-state index contributed by atoms with van der Waals surface area (Å²) in [6.07, 6.45) is 2.24. The minimum Gasteiger partial charge on any atom is -0.494 e. The summed E-state index contributed by atoms with van der Waals surface area (Å²) in [6.45, 7) is 8.70. The van der Waals surface area contributed by atoms with E-state index in [1.807, 2.05) is 36.1 Å². The molecule has 0 spiro atoms. The second-order valence-electron chi connectivity index (χ2n) is 5.82. The van der Waals surface area contributed by atoms with E-state index in [0.717, 1.165) is 55.6 Å². The largest absolute Gasteiger partial charge is 0.494 e. The molecule has 0 aliphatic carbocycles. The van der Waals surface area contributed by atoms with Crippen molar-refractivity contribution in [2.75, 3.05) is 38.5 Å². The molecule has 1 aliphatic heterocycles. The Balaban J connectivity index is 1.70. The Hall–Kier alpha value is -1.20. The van der Waals surface area contributed by atoms with Gasteiger partial charge >= 0.3 is 0 Å². The van der Waals surface area contributed by atoms with Crippen molar-refractivity contribution in [3.63, 3.8) is 0 Å². The fraction of sp³-hybridized carbons (Fsp3) is 0.611. The van der Waals surface area contributed by atoms with Gasteiger partial charge in [-0.3, -0.25) is 4.79 Å². The molecule has 1 aromatic carbocycles. The lowest BCUT2D eigenvalue weighted by molar-refractivity contribution is -0.129. The second kappa shape index (κ2) is 9.83. The molecule has 1 aliphatic rings. The molecule has 1 fully saturated rings. The first kappa shape index (κ1) is 18.1. The van der Waals surface area contributed by atoms with E-state index in [1.165, 1.54) is 0 Å². The molecule has 2 rings (SSSR count). The third kappa shape index (κ3) is 6.07. The van der Waals surface area contributed by atoms with E-state index < -0.39 is 0 Å². The number of likely N-dealkylation sites (tertiary alicyclic amines) is 1. The lowest BCUT2D eigenvalue weighted by atomic mass is 9.97. The van der Waals surface area contributed by atoms with Gasteiger partial charge in [0.25, 0.3) is 0 Å². The second-order valence-corrected chi connectivity index (χ2v) is 6.87. The third-order valence-corrected chi connectivity index (χ3v) is 5.14. The van der Waals surface area contributed by atoms with Gasteiger partial charge in [0.05, 0.1) is 12.4 Å². The molecule has 1 amide bonds. The topological polar surface area (TPSA) is 41.6 Å². The number of hydrogen-bond donors (Lipinski definition) is 1. The standard InChI is InChI=1S/C18H28N2O2S/c1-3-19-13-15-9-11-20(12-10-15)18(21)14-23-17-7-5-16(6-8-17)22-4-2/h5-8,15,19H,3-4,9-14H2,1-2H3. The van der Waals surface area contributed by atoms with Gasteiger partial charge in [0.2, 0.25) is 5.91 Å². The van der Waals surface area contributed by atoms with Crippen molar-refractivity contribution < 1.29 is 9.53 Å². The van der Waals surface area contributed by atoms with Crippen molar-refractivity contribution >= 4 is 17.7 Å². The van der Waals surface area contributed by atoms with E-state index in [1.54, 1.807) is 11.8 Å². The highest BCUT2D eigenvalue weighted by Crippen LogP contribution is 2.23. The average molecular weight is 337 g/mol. The lowest BCUT2D eigenvalue weighted by Gasteiger charge is -2.32. The quantitative estimate of drug-likeness (QED) is 0.741. The van der Waals surface area contributed by atoms with Crippen molar-refractivity contribution in [1.82, 2.24) is 10.2 Å². The van der Waals surface area contributed by atoms with Crippen LogP contribution >= 0.6 is 11.8 Å². The minimum atomic E-state index is 0.255. The van der Waals surface area contributed by atoms with E-state index in [2.05, 4.69) is 12.2 Å². The Morgan fingerprint density at radius 2 is 1.96 bits per heavy atom. The van der Waals surface area contributed by atoms with Crippen LogP contribution in [0, 0.1) is 5.92 Å². The molecule has 23 heavy (non-hydrogen) atoms.